The van der Waals surface area contributed by atoms with E-state index < -0.39 is 5.91 Å². The smallest absolute Gasteiger partial charge is 0.293 e. The first kappa shape index (κ1) is 22.4. The molecule has 1 aliphatic rings. The maximum Gasteiger partial charge on any atom is 0.293 e. The second-order valence-electron chi connectivity index (χ2n) is 8.56. The summed E-state index contributed by atoms with van der Waals surface area (Å²) in [5.74, 6) is 5.20. The predicted octanol–water partition coefficient (Wildman–Crippen LogP) is 3.21. The summed E-state index contributed by atoms with van der Waals surface area (Å²) in [6, 6.07) is 5.43. The van der Waals surface area contributed by atoms with Gasteiger partial charge >= 0.3 is 0 Å². The lowest BCUT2D eigenvalue weighted by atomic mass is 9.98. The van der Waals surface area contributed by atoms with Crippen LogP contribution in [0.2, 0.25) is 0 Å². The third kappa shape index (κ3) is 4.05. The number of fused-ring (bicyclic) bond motifs is 3. The van der Waals surface area contributed by atoms with Crippen molar-refractivity contribution in [2.45, 2.75) is 32.9 Å². The van der Waals surface area contributed by atoms with E-state index in [9.17, 15) is 9.59 Å². The van der Waals surface area contributed by atoms with Crippen LogP contribution in [0.3, 0.4) is 0 Å². The Labute approximate surface area is 195 Å². The fraction of sp³-hybridized carbons (Fsp3) is 0.292. The van der Waals surface area contributed by atoms with Gasteiger partial charge in [0, 0.05) is 41.1 Å². The molecule has 2 aromatic heterocycles. The fourth-order valence-corrected chi connectivity index (χ4v) is 4.09. The van der Waals surface area contributed by atoms with Crippen molar-refractivity contribution in [1.29, 1.82) is 0 Å². The zero-order chi connectivity index (χ0) is 23.9. The highest BCUT2D eigenvalue weighted by atomic mass is 32.1. The summed E-state index contributed by atoms with van der Waals surface area (Å²) < 4.78 is 13.2. The number of thiophene rings is 1. The SMILES string of the molecule is COc1cc2c(cc1C#CC(N)=O)-c1c(c(C(=O)N(C)C(C)(C)C)nn1-c1ccsc1)CO2. The molecule has 0 spiro atoms. The minimum atomic E-state index is -0.742. The van der Waals surface area contributed by atoms with E-state index in [4.69, 9.17) is 20.3 Å². The van der Waals surface area contributed by atoms with Crippen LogP contribution in [0.15, 0.2) is 29.0 Å². The van der Waals surface area contributed by atoms with E-state index in [-0.39, 0.29) is 18.1 Å². The van der Waals surface area contributed by atoms with E-state index in [0.717, 1.165) is 11.4 Å². The first-order chi connectivity index (χ1) is 15.6. The van der Waals surface area contributed by atoms with Crippen LogP contribution in [0.4, 0.5) is 0 Å². The molecule has 0 aliphatic carbocycles. The highest BCUT2D eigenvalue weighted by molar-refractivity contribution is 7.08. The lowest BCUT2D eigenvalue weighted by Crippen LogP contribution is -2.43. The number of ether oxygens (including phenoxy) is 2. The maximum atomic E-state index is 13.4. The van der Waals surface area contributed by atoms with Crippen molar-refractivity contribution in [3.8, 4) is 40.3 Å². The van der Waals surface area contributed by atoms with Crippen LogP contribution in [-0.4, -0.2) is 46.2 Å². The average molecular weight is 465 g/mol. The Bertz CT molecular complexity index is 1310. The Hall–Kier alpha value is -3.77. The molecule has 0 fully saturated rings. The van der Waals surface area contributed by atoms with E-state index in [1.807, 2.05) is 37.6 Å². The Morgan fingerprint density at radius 2 is 2.09 bits per heavy atom. The minimum Gasteiger partial charge on any atom is -0.495 e. The minimum absolute atomic E-state index is 0.182. The molecule has 3 heterocycles. The summed E-state index contributed by atoms with van der Waals surface area (Å²) in [7, 11) is 3.28. The average Bonchev–Trinajstić information content (AvgIpc) is 3.43. The van der Waals surface area contributed by atoms with Crippen LogP contribution in [-0.2, 0) is 11.4 Å². The first-order valence-corrected chi connectivity index (χ1v) is 11.2. The van der Waals surface area contributed by atoms with Crippen LogP contribution in [0.25, 0.3) is 16.9 Å². The molecule has 8 nitrogen and oxygen atoms in total. The molecule has 0 unspecified atom stereocenters. The van der Waals surface area contributed by atoms with Gasteiger partial charge in [-0.3, -0.25) is 9.59 Å². The highest BCUT2D eigenvalue weighted by Crippen LogP contribution is 2.43. The molecule has 0 saturated carbocycles. The molecule has 3 aromatic rings. The Morgan fingerprint density at radius 1 is 1.33 bits per heavy atom. The zero-order valence-electron chi connectivity index (χ0n) is 19.1. The molecule has 33 heavy (non-hydrogen) atoms. The standard InChI is InChI=1S/C24H24N4O4S/c1-24(2,3)27(4)23(30)21-17-12-32-19-11-18(31-5)14(6-7-20(25)29)10-16(19)22(17)28(26-21)15-8-9-33-13-15/h8-11,13H,12H2,1-5H3,(H2,25,29). The summed E-state index contributed by atoms with van der Waals surface area (Å²) in [5.41, 5.74) is 8.59. The summed E-state index contributed by atoms with van der Waals surface area (Å²) in [4.78, 5) is 26.3. The lowest BCUT2D eigenvalue weighted by Gasteiger charge is -2.31. The van der Waals surface area contributed by atoms with Crippen LogP contribution < -0.4 is 15.2 Å². The van der Waals surface area contributed by atoms with Gasteiger partial charge in [-0.2, -0.15) is 16.4 Å². The summed E-state index contributed by atoms with van der Waals surface area (Å²) >= 11 is 1.53. The molecule has 2 N–H and O–H groups in total. The number of carbonyl (C=O) groups excluding carboxylic acids is 2. The Kier molecular flexibility index (Phi) is 5.64. The van der Waals surface area contributed by atoms with E-state index >= 15 is 0 Å². The normalized spacial score (nSPS) is 12.0. The number of rotatable bonds is 3. The number of benzene rings is 1. The highest BCUT2D eigenvalue weighted by Gasteiger charge is 2.34. The number of hydrogen-bond acceptors (Lipinski definition) is 6. The quantitative estimate of drug-likeness (QED) is 0.600. The van der Waals surface area contributed by atoms with Crippen LogP contribution in [0, 0.1) is 11.8 Å². The van der Waals surface area contributed by atoms with Crippen molar-refractivity contribution in [3.05, 3.63) is 45.8 Å². The van der Waals surface area contributed by atoms with E-state index in [1.165, 1.54) is 18.4 Å². The number of aromatic nitrogens is 2. The summed E-state index contributed by atoms with van der Waals surface area (Å²) in [6.07, 6.45) is 0. The molecule has 1 aliphatic heterocycles. The van der Waals surface area contributed by atoms with E-state index in [2.05, 4.69) is 11.8 Å². The van der Waals surface area contributed by atoms with Gasteiger partial charge < -0.3 is 20.1 Å². The number of hydrogen-bond donors (Lipinski definition) is 1. The van der Waals surface area contributed by atoms with Crippen LogP contribution in [0.5, 0.6) is 11.5 Å². The van der Waals surface area contributed by atoms with Gasteiger partial charge in [-0.05, 0) is 38.3 Å². The molecule has 1 aromatic carbocycles. The van der Waals surface area contributed by atoms with Crippen molar-refractivity contribution >= 4 is 23.2 Å². The molecule has 9 heteroatoms. The lowest BCUT2D eigenvalue weighted by molar-refractivity contribution is -0.112. The van der Waals surface area contributed by atoms with E-state index in [0.29, 0.717) is 33.9 Å². The van der Waals surface area contributed by atoms with Gasteiger partial charge in [0.05, 0.1) is 24.1 Å². The molecular formula is C24H24N4O4S. The number of amides is 2. The third-order valence-electron chi connectivity index (χ3n) is 5.50. The van der Waals surface area contributed by atoms with Crippen molar-refractivity contribution < 1.29 is 19.1 Å². The van der Waals surface area contributed by atoms with Crippen molar-refractivity contribution in [1.82, 2.24) is 14.7 Å². The first-order valence-electron chi connectivity index (χ1n) is 10.2. The van der Waals surface area contributed by atoms with Gasteiger partial charge in [0.2, 0.25) is 0 Å². The number of methoxy groups -OCH3 is 1. The largest absolute Gasteiger partial charge is 0.495 e. The summed E-state index contributed by atoms with van der Waals surface area (Å²) in [5, 5.41) is 8.63. The number of carbonyl (C=O) groups is 2. The van der Waals surface area contributed by atoms with Gasteiger partial charge in [0.1, 0.15) is 18.1 Å². The number of nitrogens with zero attached hydrogens (tertiary/aromatic N) is 3. The van der Waals surface area contributed by atoms with Gasteiger partial charge in [0.25, 0.3) is 11.8 Å². The predicted molar refractivity (Wildman–Crippen MR) is 126 cm³/mol. The van der Waals surface area contributed by atoms with Crippen molar-refractivity contribution in [3.63, 3.8) is 0 Å². The van der Waals surface area contributed by atoms with Gasteiger partial charge in [-0.25, -0.2) is 4.68 Å². The molecule has 4 rings (SSSR count). The second-order valence-corrected chi connectivity index (χ2v) is 9.34. The number of nitrogens with two attached hydrogens (primary N) is 1. The molecule has 0 atom stereocenters. The third-order valence-corrected chi connectivity index (χ3v) is 6.17. The van der Waals surface area contributed by atoms with Crippen molar-refractivity contribution in [2.24, 2.45) is 5.73 Å². The van der Waals surface area contributed by atoms with Crippen LogP contribution >= 0.6 is 11.3 Å². The molecular weight excluding hydrogens is 440 g/mol. The van der Waals surface area contributed by atoms with Crippen LogP contribution in [0.1, 0.15) is 42.4 Å². The molecule has 2 amide bonds. The molecule has 0 saturated heterocycles. The molecule has 0 bridgehead atoms. The maximum absolute atomic E-state index is 13.4. The van der Waals surface area contributed by atoms with Gasteiger partial charge in [-0.1, -0.05) is 5.92 Å². The van der Waals surface area contributed by atoms with E-state index in [1.54, 1.807) is 28.8 Å². The molecule has 170 valence electrons. The van der Waals surface area contributed by atoms with Crippen molar-refractivity contribution in [2.75, 3.05) is 14.2 Å². The topological polar surface area (TPSA) is 99.7 Å². The Morgan fingerprint density at radius 3 is 2.70 bits per heavy atom. The molecule has 0 radical (unpaired) electrons. The Balaban J connectivity index is 1.96. The second kappa shape index (κ2) is 8.30. The monoisotopic (exact) mass is 464 g/mol. The zero-order valence-corrected chi connectivity index (χ0v) is 19.9. The fourth-order valence-electron chi connectivity index (χ4n) is 3.47. The number of primary amides is 1. The van der Waals surface area contributed by atoms with Gasteiger partial charge in [0.15, 0.2) is 5.69 Å². The summed E-state index contributed by atoms with van der Waals surface area (Å²) in [6.45, 7) is 6.08. The van der Waals surface area contributed by atoms with Gasteiger partial charge in [-0.15, -0.1) is 0 Å².